The number of rotatable bonds is 5. The Bertz CT molecular complexity index is 728. The lowest BCUT2D eigenvalue weighted by Crippen LogP contribution is -2.49. The summed E-state index contributed by atoms with van der Waals surface area (Å²) in [6.07, 6.45) is 3.80. The summed E-state index contributed by atoms with van der Waals surface area (Å²) in [7, 11) is 0. The van der Waals surface area contributed by atoms with Gasteiger partial charge in [0.15, 0.2) is 5.96 Å². The third-order valence-corrected chi connectivity index (χ3v) is 4.12. The molecule has 8 heteroatoms. The summed E-state index contributed by atoms with van der Waals surface area (Å²) in [4.78, 5) is 29.0. The van der Waals surface area contributed by atoms with E-state index < -0.39 is 0 Å². The molecule has 2 heterocycles. The average molecular weight is 353 g/mol. The van der Waals surface area contributed by atoms with Gasteiger partial charge in [0, 0.05) is 50.7 Å². The Balaban J connectivity index is 1.41. The fraction of sp³-hybridized carbons (Fsp3) is 0.333. The van der Waals surface area contributed by atoms with E-state index in [1.54, 1.807) is 18.5 Å². The summed E-state index contributed by atoms with van der Waals surface area (Å²) in [5.41, 5.74) is 6.72. The first-order valence-electron chi connectivity index (χ1n) is 8.64. The van der Waals surface area contributed by atoms with E-state index >= 15 is 0 Å². The molecule has 1 amide bonds. The van der Waals surface area contributed by atoms with E-state index in [1.807, 2.05) is 35.2 Å². The molecule has 0 spiro atoms. The van der Waals surface area contributed by atoms with Crippen LogP contribution in [0.2, 0.25) is 0 Å². The van der Waals surface area contributed by atoms with Crippen molar-refractivity contribution in [3.05, 3.63) is 48.8 Å². The summed E-state index contributed by atoms with van der Waals surface area (Å²) in [6, 6.07) is 11.4. The molecule has 1 aromatic heterocycles. The quantitative estimate of drug-likeness (QED) is 0.613. The Hall–Kier alpha value is -3.16. The average Bonchev–Trinajstić information content (AvgIpc) is 2.69. The lowest BCUT2D eigenvalue weighted by Gasteiger charge is -2.34. The van der Waals surface area contributed by atoms with Gasteiger partial charge in [-0.15, -0.1) is 0 Å². The predicted octanol–water partition coefficient (Wildman–Crippen LogP) is 0.942. The van der Waals surface area contributed by atoms with Crippen LogP contribution in [-0.2, 0) is 4.79 Å². The Morgan fingerprint density at radius 3 is 2.46 bits per heavy atom. The van der Waals surface area contributed by atoms with Crippen LogP contribution in [0.1, 0.15) is 6.42 Å². The fourth-order valence-corrected chi connectivity index (χ4v) is 2.75. The van der Waals surface area contributed by atoms with Crippen LogP contribution in [0.5, 0.6) is 0 Å². The maximum absolute atomic E-state index is 12.3. The number of nitrogens with two attached hydrogens (primary N) is 1. The highest BCUT2D eigenvalue weighted by atomic mass is 16.2. The van der Waals surface area contributed by atoms with Crippen LogP contribution in [-0.4, -0.2) is 59.5 Å². The normalized spacial score (nSPS) is 15.0. The highest BCUT2D eigenvalue weighted by Crippen LogP contribution is 2.10. The number of anilines is 2. The van der Waals surface area contributed by atoms with E-state index in [1.165, 1.54) is 0 Å². The van der Waals surface area contributed by atoms with Gasteiger partial charge in [-0.05, 0) is 18.2 Å². The molecule has 0 saturated carbocycles. The number of hydrogen-bond donors (Lipinski definition) is 2. The number of guanidine groups is 1. The minimum atomic E-state index is 0.0925. The molecule has 3 N–H and O–H groups in total. The van der Waals surface area contributed by atoms with E-state index in [2.05, 4.69) is 25.2 Å². The molecule has 1 aliphatic rings. The molecule has 0 radical (unpaired) electrons. The molecule has 3 rings (SSSR count). The standard InChI is InChI=1S/C18H23N7O/c19-17(23-15-5-2-1-3-6-15)20-10-7-16(26)24-11-13-25(14-12-24)18-21-8-4-9-22-18/h1-6,8-9H,7,10-14H2,(H3,19,20,23). The first-order chi connectivity index (χ1) is 12.7. The molecule has 0 aliphatic carbocycles. The molecule has 1 aromatic carbocycles. The summed E-state index contributed by atoms with van der Waals surface area (Å²) in [6.45, 7) is 3.16. The highest BCUT2D eigenvalue weighted by molar-refractivity contribution is 5.92. The van der Waals surface area contributed by atoms with Crippen molar-refractivity contribution in [2.75, 3.05) is 42.9 Å². The molecule has 1 fully saturated rings. The fourth-order valence-electron chi connectivity index (χ4n) is 2.75. The van der Waals surface area contributed by atoms with Crippen LogP contribution in [0, 0.1) is 0 Å². The Morgan fingerprint density at radius 1 is 1.08 bits per heavy atom. The number of hydrogen-bond acceptors (Lipinski definition) is 5. The van der Waals surface area contributed by atoms with Gasteiger partial charge in [-0.1, -0.05) is 18.2 Å². The maximum Gasteiger partial charge on any atom is 0.225 e. The molecule has 2 aromatic rings. The van der Waals surface area contributed by atoms with Crippen LogP contribution in [0.25, 0.3) is 0 Å². The van der Waals surface area contributed by atoms with Gasteiger partial charge < -0.3 is 20.9 Å². The maximum atomic E-state index is 12.3. The van der Waals surface area contributed by atoms with Gasteiger partial charge in [-0.2, -0.15) is 0 Å². The molecule has 26 heavy (non-hydrogen) atoms. The third kappa shape index (κ3) is 4.92. The van der Waals surface area contributed by atoms with Gasteiger partial charge >= 0.3 is 0 Å². The minimum absolute atomic E-state index is 0.0925. The van der Waals surface area contributed by atoms with E-state index in [9.17, 15) is 4.79 Å². The first kappa shape index (κ1) is 17.7. The SMILES string of the molecule is NC(=NCCC(=O)N1CCN(c2ncccn2)CC1)Nc1ccccc1. The highest BCUT2D eigenvalue weighted by Gasteiger charge is 2.21. The van der Waals surface area contributed by atoms with Crippen molar-refractivity contribution in [1.82, 2.24) is 14.9 Å². The van der Waals surface area contributed by atoms with Crippen LogP contribution in [0.4, 0.5) is 11.6 Å². The largest absolute Gasteiger partial charge is 0.370 e. The first-order valence-corrected chi connectivity index (χ1v) is 8.64. The van der Waals surface area contributed by atoms with Gasteiger partial charge in [0.25, 0.3) is 0 Å². The number of carbonyl (C=O) groups excluding carboxylic acids is 1. The molecule has 1 aliphatic heterocycles. The number of piperazine rings is 1. The van der Waals surface area contributed by atoms with E-state index in [0.717, 1.165) is 18.8 Å². The summed E-state index contributed by atoms with van der Waals surface area (Å²) in [5, 5.41) is 3.00. The van der Waals surface area contributed by atoms with Gasteiger partial charge in [-0.25, -0.2) is 9.97 Å². The van der Waals surface area contributed by atoms with Gasteiger partial charge in [0.2, 0.25) is 11.9 Å². The van der Waals surface area contributed by atoms with Crippen LogP contribution < -0.4 is 16.0 Å². The second kappa shape index (κ2) is 8.80. The zero-order valence-corrected chi connectivity index (χ0v) is 14.6. The van der Waals surface area contributed by atoms with Crippen LogP contribution in [0.3, 0.4) is 0 Å². The number of amides is 1. The molecule has 0 bridgehead atoms. The van der Waals surface area contributed by atoms with Crippen molar-refractivity contribution < 1.29 is 4.79 Å². The monoisotopic (exact) mass is 353 g/mol. The Kier molecular flexibility index (Phi) is 5.97. The Labute approximate surface area is 152 Å². The molecule has 136 valence electrons. The van der Waals surface area contributed by atoms with E-state index in [4.69, 9.17) is 5.73 Å². The number of aromatic nitrogens is 2. The topological polar surface area (TPSA) is 99.7 Å². The Morgan fingerprint density at radius 2 is 1.77 bits per heavy atom. The molecule has 0 unspecified atom stereocenters. The van der Waals surface area contributed by atoms with Crippen LogP contribution in [0.15, 0.2) is 53.8 Å². The summed E-state index contributed by atoms with van der Waals surface area (Å²) >= 11 is 0. The van der Waals surface area contributed by atoms with E-state index in [0.29, 0.717) is 38.0 Å². The lowest BCUT2D eigenvalue weighted by molar-refractivity contribution is -0.131. The van der Waals surface area contributed by atoms with E-state index in [-0.39, 0.29) is 5.91 Å². The van der Waals surface area contributed by atoms with Gasteiger partial charge in [0.1, 0.15) is 0 Å². The number of aliphatic imine (C=N–C) groups is 1. The minimum Gasteiger partial charge on any atom is -0.370 e. The molecule has 0 atom stereocenters. The number of benzene rings is 1. The van der Waals surface area contributed by atoms with Gasteiger partial charge in [0.05, 0.1) is 6.54 Å². The van der Waals surface area contributed by atoms with Crippen molar-refractivity contribution in [2.24, 2.45) is 10.7 Å². The number of para-hydroxylation sites is 1. The van der Waals surface area contributed by atoms with Gasteiger partial charge in [-0.3, -0.25) is 9.79 Å². The van der Waals surface area contributed by atoms with Crippen LogP contribution >= 0.6 is 0 Å². The van der Waals surface area contributed by atoms with Crippen molar-refractivity contribution in [2.45, 2.75) is 6.42 Å². The second-order valence-corrected chi connectivity index (χ2v) is 5.92. The molecule has 8 nitrogen and oxygen atoms in total. The zero-order valence-electron chi connectivity index (χ0n) is 14.6. The number of nitrogens with one attached hydrogen (secondary N) is 1. The lowest BCUT2D eigenvalue weighted by atomic mass is 10.3. The molecular formula is C18H23N7O. The number of carbonyl (C=O) groups is 1. The predicted molar refractivity (Wildman–Crippen MR) is 102 cm³/mol. The van der Waals surface area contributed by atoms with Crippen molar-refractivity contribution in [1.29, 1.82) is 0 Å². The smallest absolute Gasteiger partial charge is 0.225 e. The van der Waals surface area contributed by atoms with Crippen molar-refractivity contribution in [3.8, 4) is 0 Å². The molecule has 1 saturated heterocycles. The second-order valence-electron chi connectivity index (χ2n) is 5.92. The number of nitrogens with zero attached hydrogens (tertiary/aromatic N) is 5. The third-order valence-electron chi connectivity index (χ3n) is 4.12. The van der Waals surface area contributed by atoms with Crippen molar-refractivity contribution in [3.63, 3.8) is 0 Å². The molecular weight excluding hydrogens is 330 g/mol. The zero-order chi connectivity index (χ0) is 18.2. The summed E-state index contributed by atoms with van der Waals surface area (Å²) in [5.74, 6) is 1.12. The van der Waals surface area contributed by atoms with Crippen molar-refractivity contribution >= 4 is 23.5 Å². The summed E-state index contributed by atoms with van der Waals surface area (Å²) < 4.78 is 0.